The van der Waals surface area contributed by atoms with Gasteiger partial charge in [-0.3, -0.25) is 0 Å². The van der Waals surface area contributed by atoms with Gasteiger partial charge in [0.15, 0.2) is 0 Å². The molecule has 1 rings (SSSR count). The molecule has 22 heavy (non-hydrogen) atoms. The Morgan fingerprint density at radius 3 is 2.23 bits per heavy atom. The molecule has 1 unspecified atom stereocenters. The van der Waals surface area contributed by atoms with Crippen LogP contribution in [0.25, 0.3) is 0 Å². The van der Waals surface area contributed by atoms with Crippen molar-refractivity contribution in [2.75, 3.05) is 13.2 Å². The van der Waals surface area contributed by atoms with Gasteiger partial charge in [-0.25, -0.2) is 4.79 Å². The zero-order chi connectivity index (χ0) is 16.2. The van der Waals surface area contributed by atoms with Gasteiger partial charge in [0.2, 0.25) is 0 Å². The number of esters is 1. The minimum atomic E-state index is -0.768. The minimum Gasteiger partial charge on any atom is -0.462 e. The van der Waals surface area contributed by atoms with Crippen LogP contribution in [0.4, 0.5) is 0 Å². The molecule has 0 amide bonds. The molecular weight excluding hydrogens is 349 g/mol. The van der Waals surface area contributed by atoms with Gasteiger partial charge in [-0.2, -0.15) is 0 Å². The molecule has 1 atom stereocenters. The quantitative estimate of drug-likeness (QED) is 0.769. The van der Waals surface area contributed by atoms with Crippen LogP contribution in [0.2, 0.25) is 10.0 Å². The maximum atomic E-state index is 11.8. The van der Waals surface area contributed by atoms with Gasteiger partial charge in [0.05, 0.1) is 28.3 Å². The smallest absolute Gasteiger partial charge is 0.341 e. The van der Waals surface area contributed by atoms with Crippen molar-refractivity contribution in [2.24, 2.45) is 0 Å². The summed E-state index contributed by atoms with van der Waals surface area (Å²) in [7, 11) is 0. The second-order valence-electron chi connectivity index (χ2n) is 5.73. The van der Waals surface area contributed by atoms with E-state index in [0.29, 0.717) is 12.1 Å². The lowest BCUT2D eigenvalue weighted by Crippen LogP contribution is -2.38. The maximum Gasteiger partial charge on any atom is 0.341 e. The van der Waals surface area contributed by atoms with Crippen LogP contribution in [-0.4, -0.2) is 29.8 Å². The van der Waals surface area contributed by atoms with Gasteiger partial charge >= 0.3 is 5.97 Å². The number of hydrogen-bond donors (Lipinski definition) is 2. The molecule has 1 aromatic carbocycles. The predicted octanol–water partition coefficient (Wildman–Crippen LogP) is 4.01. The van der Waals surface area contributed by atoms with Crippen LogP contribution in [0, 0.1) is 0 Å². The monoisotopic (exact) mass is 369 g/mol. The molecule has 0 aromatic heterocycles. The van der Waals surface area contributed by atoms with E-state index < -0.39 is 12.1 Å². The summed E-state index contributed by atoms with van der Waals surface area (Å²) in [6.07, 6.45) is -0.768. The van der Waals surface area contributed by atoms with Crippen LogP contribution in [0.5, 0.6) is 0 Å². The van der Waals surface area contributed by atoms with Crippen molar-refractivity contribution in [3.63, 3.8) is 0 Å². The zero-order valence-corrected chi connectivity index (χ0v) is 15.4. The van der Waals surface area contributed by atoms with Gasteiger partial charge in [0.1, 0.15) is 0 Å². The summed E-state index contributed by atoms with van der Waals surface area (Å²) in [4.78, 5) is 11.8. The fraction of sp³-hybridized carbons (Fsp3) is 0.533. The molecule has 0 bridgehead atoms. The summed E-state index contributed by atoms with van der Waals surface area (Å²) in [5.74, 6) is -0.568. The number of hydrogen-bond acceptors (Lipinski definition) is 4. The molecule has 0 fully saturated rings. The molecule has 0 aliphatic carbocycles. The Bertz CT molecular complexity index is 492. The van der Waals surface area contributed by atoms with E-state index in [-0.39, 0.29) is 40.2 Å². The van der Waals surface area contributed by atoms with Gasteiger partial charge in [0.25, 0.3) is 0 Å². The van der Waals surface area contributed by atoms with Crippen LogP contribution >= 0.6 is 35.6 Å². The van der Waals surface area contributed by atoms with E-state index in [1.807, 2.05) is 20.8 Å². The van der Waals surface area contributed by atoms with Crippen molar-refractivity contribution >= 4 is 41.6 Å². The second kappa shape index (κ2) is 8.94. The lowest BCUT2D eigenvalue weighted by molar-refractivity contribution is 0.0526. The van der Waals surface area contributed by atoms with Crippen LogP contribution in [0.1, 0.15) is 49.7 Å². The van der Waals surface area contributed by atoms with Crippen LogP contribution < -0.4 is 5.32 Å². The van der Waals surface area contributed by atoms with E-state index in [1.54, 1.807) is 6.92 Å². The Balaban J connectivity index is 0.00000441. The Kier molecular flexibility index (Phi) is 8.73. The summed E-state index contributed by atoms with van der Waals surface area (Å²) < 4.78 is 4.90. The van der Waals surface area contributed by atoms with Gasteiger partial charge < -0.3 is 15.2 Å². The number of nitrogens with one attached hydrogen (secondary N) is 1. The first-order valence-corrected chi connectivity index (χ1v) is 7.50. The average Bonchev–Trinajstić information content (AvgIpc) is 2.34. The van der Waals surface area contributed by atoms with Crippen molar-refractivity contribution in [1.29, 1.82) is 0 Å². The molecule has 0 heterocycles. The number of halogens is 3. The fourth-order valence-corrected chi connectivity index (χ4v) is 2.36. The normalized spacial score (nSPS) is 12.5. The Morgan fingerprint density at radius 1 is 1.32 bits per heavy atom. The second-order valence-corrected chi connectivity index (χ2v) is 6.54. The third-order valence-electron chi connectivity index (χ3n) is 2.75. The van der Waals surface area contributed by atoms with E-state index in [9.17, 15) is 9.90 Å². The number of benzene rings is 1. The van der Waals surface area contributed by atoms with Crippen LogP contribution in [0.3, 0.4) is 0 Å². The van der Waals surface area contributed by atoms with E-state index >= 15 is 0 Å². The summed E-state index contributed by atoms with van der Waals surface area (Å²) in [6.45, 7) is 8.31. The number of aliphatic hydroxyl groups excluding tert-OH is 1. The highest BCUT2D eigenvalue weighted by molar-refractivity contribution is 6.39. The molecule has 0 radical (unpaired) electrons. The van der Waals surface area contributed by atoms with E-state index in [2.05, 4.69) is 5.32 Å². The lowest BCUT2D eigenvalue weighted by Gasteiger charge is -2.23. The number of ether oxygens (including phenoxy) is 1. The number of β-amino-alcohol motifs (C(OH)–C–C–N with tert-alkyl or cyclic N) is 1. The van der Waals surface area contributed by atoms with E-state index in [1.165, 1.54) is 12.1 Å². The Hall–Kier alpha value is -0.520. The van der Waals surface area contributed by atoms with Gasteiger partial charge in [0, 0.05) is 12.1 Å². The lowest BCUT2D eigenvalue weighted by atomic mass is 10.0. The molecule has 1 aromatic rings. The van der Waals surface area contributed by atoms with E-state index in [0.717, 1.165) is 0 Å². The van der Waals surface area contributed by atoms with Crippen molar-refractivity contribution in [1.82, 2.24) is 5.32 Å². The Morgan fingerprint density at radius 2 is 1.82 bits per heavy atom. The van der Waals surface area contributed by atoms with Crippen molar-refractivity contribution in [3.05, 3.63) is 33.3 Å². The molecule has 2 N–H and O–H groups in total. The fourth-order valence-electron chi connectivity index (χ4n) is 1.70. The van der Waals surface area contributed by atoms with Gasteiger partial charge in [-0.15, -0.1) is 12.4 Å². The molecule has 0 saturated heterocycles. The number of carbonyl (C=O) groups is 1. The highest BCUT2D eigenvalue weighted by Gasteiger charge is 2.20. The molecule has 126 valence electrons. The molecular formula is C15H22Cl3NO3. The van der Waals surface area contributed by atoms with Crippen LogP contribution in [-0.2, 0) is 4.74 Å². The van der Waals surface area contributed by atoms with Crippen molar-refractivity contribution < 1.29 is 14.6 Å². The third-order valence-corrected chi connectivity index (χ3v) is 3.35. The Labute approximate surface area is 147 Å². The van der Waals surface area contributed by atoms with Crippen molar-refractivity contribution in [3.8, 4) is 0 Å². The number of aliphatic hydroxyl groups is 1. The molecule has 0 aliphatic heterocycles. The summed E-state index contributed by atoms with van der Waals surface area (Å²) in [6, 6.07) is 3.07. The first-order valence-electron chi connectivity index (χ1n) is 6.75. The van der Waals surface area contributed by atoms with Gasteiger partial charge in [-0.1, -0.05) is 23.2 Å². The van der Waals surface area contributed by atoms with E-state index in [4.69, 9.17) is 27.9 Å². The highest BCUT2D eigenvalue weighted by atomic mass is 35.5. The first kappa shape index (κ1) is 21.5. The predicted molar refractivity (Wildman–Crippen MR) is 92.4 cm³/mol. The minimum absolute atomic E-state index is 0. The maximum absolute atomic E-state index is 11.8. The highest BCUT2D eigenvalue weighted by Crippen LogP contribution is 2.30. The summed E-state index contributed by atoms with van der Waals surface area (Å²) in [5, 5.41) is 13.7. The molecule has 0 aliphatic rings. The average molecular weight is 371 g/mol. The SMILES string of the molecule is CCOC(=O)c1c(Cl)cc(C(O)CNC(C)(C)C)cc1Cl.Cl. The molecule has 0 spiro atoms. The molecule has 7 heteroatoms. The summed E-state index contributed by atoms with van der Waals surface area (Å²) in [5.41, 5.74) is 0.564. The van der Waals surface area contributed by atoms with Crippen LogP contribution in [0.15, 0.2) is 12.1 Å². The summed E-state index contributed by atoms with van der Waals surface area (Å²) >= 11 is 12.2. The van der Waals surface area contributed by atoms with Gasteiger partial charge in [-0.05, 0) is 45.4 Å². The number of carbonyl (C=O) groups excluding carboxylic acids is 1. The molecule has 0 saturated carbocycles. The standard InChI is InChI=1S/C15H21Cl2NO3.ClH/c1-5-21-14(20)13-10(16)6-9(7-11(13)17)12(19)8-18-15(2,3)4;/h6-7,12,18-19H,5,8H2,1-4H3;1H. The molecule has 4 nitrogen and oxygen atoms in total. The zero-order valence-electron chi connectivity index (χ0n) is 13.1. The third kappa shape index (κ3) is 6.31. The first-order chi connectivity index (χ1) is 9.65. The topological polar surface area (TPSA) is 58.6 Å². The largest absolute Gasteiger partial charge is 0.462 e. The number of rotatable bonds is 5. The van der Waals surface area contributed by atoms with Crippen molar-refractivity contribution in [2.45, 2.75) is 39.3 Å².